The summed E-state index contributed by atoms with van der Waals surface area (Å²) in [7, 11) is 0. The molecule has 418 valence electrons. The van der Waals surface area contributed by atoms with E-state index in [1.165, 1.54) is 263 Å². The molecule has 0 radical (unpaired) electrons. The predicted octanol–water partition coefficient (Wildman–Crippen LogP) is 15.8. The van der Waals surface area contributed by atoms with E-state index in [1.807, 2.05) is 0 Å². The van der Waals surface area contributed by atoms with Crippen LogP contribution in [0, 0.1) is 0 Å². The van der Waals surface area contributed by atoms with E-state index in [0.717, 1.165) is 38.5 Å². The number of nitrogens with one attached hydrogen (secondary N) is 1. The molecule has 1 saturated heterocycles. The summed E-state index contributed by atoms with van der Waals surface area (Å²) in [5, 5.41) is 54.6. The van der Waals surface area contributed by atoms with E-state index in [1.54, 1.807) is 0 Å². The molecule has 2 unspecified atom stereocenters. The molecular weight excluding hydrogens is 875 g/mol. The predicted molar refractivity (Wildman–Crippen MR) is 295 cm³/mol. The first-order valence-electron chi connectivity index (χ1n) is 31.2. The maximum atomic E-state index is 13.1. The van der Waals surface area contributed by atoms with Gasteiger partial charge >= 0.3 is 0 Å². The number of amides is 1. The molecule has 0 aliphatic carbocycles. The topological polar surface area (TPSA) is 149 Å². The van der Waals surface area contributed by atoms with E-state index in [0.29, 0.717) is 12.8 Å². The van der Waals surface area contributed by atoms with Gasteiger partial charge in [0.15, 0.2) is 6.29 Å². The van der Waals surface area contributed by atoms with Gasteiger partial charge in [0.1, 0.15) is 24.4 Å². The fourth-order valence-corrected chi connectivity index (χ4v) is 10.5. The van der Waals surface area contributed by atoms with E-state index >= 15 is 0 Å². The first-order chi connectivity index (χ1) is 34.3. The standard InChI is InChI=1S/C61H121NO8/c1-3-5-7-9-11-13-15-17-18-19-20-21-22-23-24-25-26-27-28-29-30-31-32-33-34-35-36-37-39-41-43-45-47-49-51-57(65)62-54(53-69-61-60(68)59(67)58(66)56(52-63)70-61)55(64)50-48-46-44-42-40-38-16-14-12-10-8-6-4-2/h54-56,58-61,63-64,66-68H,3-53H2,1-2H3,(H,62,65)/t54-,55+,56+,58-,59?,60?,61+/m0/s1. The molecule has 1 heterocycles. The largest absolute Gasteiger partial charge is 0.394 e. The van der Waals surface area contributed by atoms with E-state index in [-0.39, 0.29) is 12.5 Å². The quantitative estimate of drug-likeness (QED) is 0.0330. The minimum atomic E-state index is -1.55. The Morgan fingerprint density at radius 1 is 0.429 bits per heavy atom. The monoisotopic (exact) mass is 996 g/mol. The summed E-state index contributed by atoms with van der Waals surface area (Å²) in [6, 6.07) is -0.713. The highest BCUT2D eigenvalue weighted by Crippen LogP contribution is 2.24. The maximum absolute atomic E-state index is 13.1. The second-order valence-corrected chi connectivity index (χ2v) is 22.2. The van der Waals surface area contributed by atoms with Gasteiger partial charge in [0.25, 0.3) is 0 Å². The fraction of sp³-hybridized carbons (Fsp3) is 0.984. The molecule has 1 aliphatic heterocycles. The van der Waals surface area contributed by atoms with Gasteiger partial charge in [-0.2, -0.15) is 0 Å². The van der Waals surface area contributed by atoms with Crippen LogP contribution in [0.5, 0.6) is 0 Å². The van der Waals surface area contributed by atoms with Crippen molar-refractivity contribution in [2.45, 2.75) is 371 Å². The molecule has 0 spiro atoms. The van der Waals surface area contributed by atoms with E-state index in [2.05, 4.69) is 19.2 Å². The van der Waals surface area contributed by atoms with Crippen molar-refractivity contribution in [2.75, 3.05) is 13.2 Å². The SMILES string of the molecule is CCCCCCCCCCCCCCCCCCCCCCCCCCCCCCCCCCCCC(=O)N[C@@H](CO[C@@H]1O[C@H](CO)[C@H](O)C(O)C1O)[C@H](O)CCCCCCCCCCCCCCC. The zero-order valence-electron chi connectivity index (χ0n) is 46.6. The lowest BCUT2D eigenvalue weighted by atomic mass is 9.99. The smallest absolute Gasteiger partial charge is 0.220 e. The van der Waals surface area contributed by atoms with Crippen LogP contribution in [0.3, 0.4) is 0 Å². The molecular formula is C61H121NO8. The number of hydrogen-bond donors (Lipinski definition) is 6. The minimum absolute atomic E-state index is 0.131. The number of carbonyl (C=O) groups is 1. The van der Waals surface area contributed by atoms with Crippen molar-refractivity contribution in [3.8, 4) is 0 Å². The van der Waals surface area contributed by atoms with Crippen molar-refractivity contribution in [1.29, 1.82) is 0 Å². The van der Waals surface area contributed by atoms with Crippen LogP contribution in [0.25, 0.3) is 0 Å². The van der Waals surface area contributed by atoms with Gasteiger partial charge in [-0.3, -0.25) is 4.79 Å². The van der Waals surface area contributed by atoms with Gasteiger partial charge in [-0.05, 0) is 12.8 Å². The molecule has 0 aromatic heterocycles. The van der Waals surface area contributed by atoms with Crippen LogP contribution in [0.1, 0.15) is 328 Å². The molecule has 0 saturated carbocycles. The number of carbonyl (C=O) groups excluding carboxylic acids is 1. The molecule has 1 aliphatic rings. The lowest BCUT2D eigenvalue weighted by molar-refractivity contribution is -0.302. The Hall–Kier alpha value is -0.810. The van der Waals surface area contributed by atoms with Crippen LogP contribution < -0.4 is 5.32 Å². The number of ether oxygens (including phenoxy) is 2. The minimum Gasteiger partial charge on any atom is -0.394 e. The van der Waals surface area contributed by atoms with E-state index < -0.39 is 49.5 Å². The fourth-order valence-electron chi connectivity index (χ4n) is 10.5. The average molecular weight is 997 g/mol. The van der Waals surface area contributed by atoms with Gasteiger partial charge in [0.2, 0.25) is 5.91 Å². The third kappa shape index (κ3) is 40.6. The number of aliphatic hydroxyl groups excluding tert-OH is 5. The van der Waals surface area contributed by atoms with Crippen LogP contribution in [-0.2, 0) is 14.3 Å². The highest BCUT2D eigenvalue weighted by Gasteiger charge is 2.44. The van der Waals surface area contributed by atoms with E-state index in [9.17, 15) is 30.3 Å². The molecule has 1 amide bonds. The Morgan fingerprint density at radius 2 is 0.714 bits per heavy atom. The van der Waals surface area contributed by atoms with Crippen molar-refractivity contribution in [1.82, 2.24) is 5.32 Å². The maximum Gasteiger partial charge on any atom is 0.220 e. The zero-order valence-corrected chi connectivity index (χ0v) is 46.6. The summed E-state index contributed by atoms with van der Waals surface area (Å²) < 4.78 is 11.3. The van der Waals surface area contributed by atoms with Crippen LogP contribution in [0.15, 0.2) is 0 Å². The molecule has 7 atom stereocenters. The summed E-state index contributed by atoms with van der Waals surface area (Å²) in [6.45, 7) is 3.88. The Balaban J connectivity index is 2.04. The summed E-state index contributed by atoms with van der Waals surface area (Å²) in [5.74, 6) is -0.136. The molecule has 1 rings (SSSR count). The lowest BCUT2D eigenvalue weighted by Gasteiger charge is -2.40. The molecule has 70 heavy (non-hydrogen) atoms. The average Bonchev–Trinajstić information content (AvgIpc) is 3.36. The number of hydrogen-bond acceptors (Lipinski definition) is 8. The van der Waals surface area contributed by atoms with Gasteiger partial charge in [-0.25, -0.2) is 0 Å². The number of unbranched alkanes of at least 4 members (excludes halogenated alkanes) is 45. The third-order valence-electron chi connectivity index (χ3n) is 15.5. The van der Waals surface area contributed by atoms with Crippen molar-refractivity contribution in [2.24, 2.45) is 0 Å². The van der Waals surface area contributed by atoms with Gasteiger partial charge in [0.05, 0.1) is 25.4 Å². The van der Waals surface area contributed by atoms with Crippen molar-refractivity contribution in [3.05, 3.63) is 0 Å². The lowest BCUT2D eigenvalue weighted by Crippen LogP contribution is -2.60. The number of rotatable bonds is 55. The molecule has 0 aromatic rings. The van der Waals surface area contributed by atoms with Crippen LogP contribution >= 0.6 is 0 Å². The van der Waals surface area contributed by atoms with Gasteiger partial charge in [0, 0.05) is 6.42 Å². The second-order valence-electron chi connectivity index (χ2n) is 22.2. The molecule has 9 nitrogen and oxygen atoms in total. The van der Waals surface area contributed by atoms with Crippen LogP contribution in [0.4, 0.5) is 0 Å². The molecule has 0 aromatic carbocycles. The molecule has 1 fully saturated rings. The van der Waals surface area contributed by atoms with Crippen molar-refractivity contribution >= 4 is 5.91 Å². The summed E-state index contributed by atoms with van der Waals surface area (Å²) in [5.41, 5.74) is 0. The highest BCUT2D eigenvalue weighted by molar-refractivity contribution is 5.76. The molecule has 9 heteroatoms. The van der Waals surface area contributed by atoms with Crippen molar-refractivity contribution < 1.29 is 39.8 Å². The Morgan fingerprint density at radius 3 is 1.01 bits per heavy atom. The van der Waals surface area contributed by atoms with Gasteiger partial charge in [-0.15, -0.1) is 0 Å². The summed E-state index contributed by atoms with van der Waals surface area (Å²) in [6.07, 6.45) is 56.0. The third-order valence-corrected chi connectivity index (χ3v) is 15.5. The first kappa shape index (κ1) is 67.2. The Labute approximate surface area is 434 Å². The Bertz CT molecular complexity index is 1060. The summed E-state index contributed by atoms with van der Waals surface area (Å²) >= 11 is 0. The van der Waals surface area contributed by atoms with Crippen LogP contribution in [0.2, 0.25) is 0 Å². The summed E-state index contributed by atoms with van der Waals surface area (Å²) in [4.78, 5) is 13.1. The molecule has 0 bridgehead atoms. The van der Waals surface area contributed by atoms with Gasteiger partial charge in [-0.1, -0.05) is 309 Å². The molecule has 6 N–H and O–H groups in total. The van der Waals surface area contributed by atoms with Crippen molar-refractivity contribution in [3.63, 3.8) is 0 Å². The Kier molecular flexibility index (Phi) is 49.6. The van der Waals surface area contributed by atoms with Crippen LogP contribution in [-0.4, -0.2) is 87.5 Å². The number of aliphatic hydroxyl groups is 5. The zero-order chi connectivity index (χ0) is 50.8. The second kappa shape index (κ2) is 51.7. The highest BCUT2D eigenvalue weighted by atomic mass is 16.7. The van der Waals surface area contributed by atoms with E-state index in [4.69, 9.17) is 9.47 Å². The first-order valence-corrected chi connectivity index (χ1v) is 31.2. The van der Waals surface area contributed by atoms with Gasteiger partial charge < -0.3 is 40.3 Å². The normalized spacial score (nSPS) is 19.2.